The molecule has 0 aliphatic carbocycles. The van der Waals surface area contributed by atoms with Gasteiger partial charge in [0.1, 0.15) is 0 Å². The summed E-state index contributed by atoms with van der Waals surface area (Å²) >= 11 is 0. The fourth-order valence-electron chi connectivity index (χ4n) is 4.38. The highest BCUT2D eigenvalue weighted by molar-refractivity contribution is 7.90. The van der Waals surface area contributed by atoms with Gasteiger partial charge in [-0.3, -0.25) is 9.59 Å². The second-order valence-corrected chi connectivity index (χ2v) is 10.6. The van der Waals surface area contributed by atoms with Crippen molar-refractivity contribution in [3.05, 3.63) is 132 Å². The smallest absolute Gasteiger partial charge is 0.296 e. The number of hydrogen-bond donors (Lipinski definition) is 1. The number of para-hydroxylation sites is 2. The van der Waals surface area contributed by atoms with Gasteiger partial charge >= 0.3 is 0 Å². The first-order chi connectivity index (χ1) is 17.9. The van der Waals surface area contributed by atoms with Crippen LogP contribution >= 0.6 is 0 Å². The highest BCUT2D eigenvalue weighted by Gasteiger charge is 2.23. The molecule has 1 heterocycles. The Balaban J connectivity index is 1.48. The van der Waals surface area contributed by atoms with Crippen molar-refractivity contribution < 1.29 is 18.0 Å². The van der Waals surface area contributed by atoms with Crippen LogP contribution in [0.3, 0.4) is 0 Å². The predicted octanol–water partition coefficient (Wildman–Crippen LogP) is 5.48. The Kier molecular flexibility index (Phi) is 6.70. The normalized spacial score (nSPS) is 11.4. The second-order valence-electron chi connectivity index (χ2n) is 8.69. The van der Waals surface area contributed by atoms with Crippen molar-refractivity contribution in [2.24, 2.45) is 0 Å². The zero-order valence-electron chi connectivity index (χ0n) is 19.9. The Hall–Kier alpha value is -4.49. The molecule has 0 saturated heterocycles. The molecule has 0 radical (unpaired) electrons. The maximum absolute atomic E-state index is 13.3. The predicted molar refractivity (Wildman–Crippen MR) is 144 cm³/mol. The number of carbonyl (C=O) groups excluding carboxylic acids is 2. The monoisotopic (exact) mass is 508 g/mol. The van der Waals surface area contributed by atoms with E-state index in [0.717, 1.165) is 5.52 Å². The van der Waals surface area contributed by atoms with Crippen molar-refractivity contribution in [3.8, 4) is 0 Å². The molecule has 0 unspecified atom stereocenters. The lowest BCUT2D eigenvalue weighted by molar-refractivity contribution is -0.112. The molecule has 0 saturated carbocycles. The van der Waals surface area contributed by atoms with Crippen LogP contribution in [0.2, 0.25) is 0 Å². The van der Waals surface area contributed by atoms with E-state index in [2.05, 4.69) is 5.32 Å². The van der Waals surface area contributed by atoms with Crippen LogP contribution in [0.4, 0.5) is 5.69 Å². The number of nitrogens with zero attached hydrogens (tertiary/aromatic N) is 1. The van der Waals surface area contributed by atoms with E-state index in [1.807, 2.05) is 41.0 Å². The minimum absolute atomic E-state index is 0.110. The van der Waals surface area contributed by atoms with Gasteiger partial charge in [0.15, 0.2) is 9.84 Å². The maximum atomic E-state index is 13.3. The lowest BCUT2D eigenvalue weighted by Crippen LogP contribution is -2.22. The first kappa shape index (κ1) is 24.2. The molecular formula is C30H24N2O4S. The molecule has 37 heavy (non-hydrogen) atoms. The average Bonchev–Trinajstić information content (AvgIpc) is 3.27. The Morgan fingerprint density at radius 1 is 0.730 bits per heavy atom. The minimum Gasteiger partial charge on any atom is -0.342 e. The molecule has 0 spiro atoms. The molecule has 6 nitrogen and oxygen atoms in total. The fourth-order valence-corrected chi connectivity index (χ4v) is 5.99. The van der Waals surface area contributed by atoms with Crippen molar-refractivity contribution in [1.82, 2.24) is 4.57 Å². The summed E-state index contributed by atoms with van der Waals surface area (Å²) in [6.45, 7) is 0.221. The molecule has 5 aromatic rings. The van der Waals surface area contributed by atoms with Gasteiger partial charge in [-0.15, -0.1) is 0 Å². The van der Waals surface area contributed by atoms with Crippen molar-refractivity contribution in [2.45, 2.75) is 17.2 Å². The number of amides is 1. The molecule has 4 aromatic carbocycles. The Morgan fingerprint density at radius 2 is 1.35 bits per heavy atom. The zero-order chi connectivity index (χ0) is 25.8. The van der Waals surface area contributed by atoms with Gasteiger partial charge in [-0.05, 0) is 35.4 Å². The third-order valence-corrected chi connectivity index (χ3v) is 7.90. The number of Topliss-reactive ketones (excluding diaryl/α,β-unsaturated/α-hetero) is 1. The SMILES string of the molecule is O=C(Nc1ccccc1)C(=O)c1cn(Cc2ccccc2S(=O)(=O)Cc2ccccc2)c2ccccc12. The van der Waals surface area contributed by atoms with Gasteiger partial charge in [0.2, 0.25) is 0 Å². The van der Waals surface area contributed by atoms with Crippen molar-refractivity contribution >= 4 is 38.1 Å². The van der Waals surface area contributed by atoms with E-state index in [9.17, 15) is 18.0 Å². The number of rotatable bonds is 8. The summed E-state index contributed by atoms with van der Waals surface area (Å²) in [6.07, 6.45) is 1.62. The van der Waals surface area contributed by atoms with Crippen LogP contribution in [-0.2, 0) is 26.9 Å². The molecule has 0 atom stereocenters. The van der Waals surface area contributed by atoms with Crippen LogP contribution in [0.5, 0.6) is 0 Å². The topological polar surface area (TPSA) is 85.2 Å². The van der Waals surface area contributed by atoms with Crippen molar-refractivity contribution in [2.75, 3.05) is 5.32 Å². The quantitative estimate of drug-likeness (QED) is 0.222. The zero-order valence-corrected chi connectivity index (χ0v) is 20.7. The van der Waals surface area contributed by atoms with Crippen LogP contribution in [0.25, 0.3) is 10.9 Å². The number of aromatic nitrogens is 1. The molecule has 7 heteroatoms. The van der Waals surface area contributed by atoms with Crippen LogP contribution in [0.15, 0.2) is 120 Å². The third-order valence-electron chi connectivity index (χ3n) is 6.12. The van der Waals surface area contributed by atoms with Crippen LogP contribution < -0.4 is 5.32 Å². The summed E-state index contributed by atoms with van der Waals surface area (Å²) in [5, 5.41) is 3.26. The van der Waals surface area contributed by atoms with Crippen molar-refractivity contribution in [3.63, 3.8) is 0 Å². The van der Waals surface area contributed by atoms with E-state index in [4.69, 9.17) is 0 Å². The summed E-state index contributed by atoms with van der Waals surface area (Å²) in [5.41, 5.74) is 2.83. The van der Waals surface area contributed by atoms with E-state index in [1.165, 1.54) is 0 Å². The number of ketones is 1. The Bertz CT molecular complexity index is 1690. The molecule has 184 valence electrons. The summed E-state index contributed by atoms with van der Waals surface area (Å²) in [5.74, 6) is -1.51. The van der Waals surface area contributed by atoms with Crippen LogP contribution in [0, 0.1) is 0 Å². The summed E-state index contributed by atoms with van der Waals surface area (Å²) in [7, 11) is -3.62. The molecule has 0 aliphatic heterocycles. The Labute approximate surface area is 215 Å². The number of anilines is 1. The van der Waals surface area contributed by atoms with E-state index in [0.29, 0.717) is 22.2 Å². The molecule has 0 bridgehead atoms. The van der Waals surface area contributed by atoms with E-state index in [1.54, 1.807) is 79.0 Å². The first-order valence-electron chi connectivity index (χ1n) is 11.8. The highest BCUT2D eigenvalue weighted by Crippen LogP contribution is 2.26. The van der Waals surface area contributed by atoms with Gasteiger partial charge in [-0.25, -0.2) is 8.42 Å². The third kappa shape index (κ3) is 5.22. The molecule has 1 aromatic heterocycles. The summed E-state index contributed by atoms with van der Waals surface area (Å²) < 4.78 is 28.5. The largest absolute Gasteiger partial charge is 0.342 e. The maximum Gasteiger partial charge on any atom is 0.296 e. The van der Waals surface area contributed by atoms with Gasteiger partial charge in [-0.1, -0.05) is 84.9 Å². The second kappa shape index (κ2) is 10.2. The molecule has 1 N–H and O–H groups in total. The number of benzene rings is 4. The fraction of sp³-hybridized carbons (Fsp3) is 0.0667. The van der Waals surface area contributed by atoms with Crippen molar-refractivity contribution in [1.29, 1.82) is 0 Å². The van der Waals surface area contributed by atoms with Crippen LogP contribution in [0.1, 0.15) is 21.5 Å². The number of nitrogens with one attached hydrogen (secondary N) is 1. The number of fused-ring (bicyclic) bond motifs is 1. The lowest BCUT2D eigenvalue weighted by Gasteiger charge is -2.12. The standard InChI is InChI=1S/C30H24N2O4S/c33-29(30(34)31-24-14-5-2-6-15-24)26-20-32(27-17-9-8-16-25(26)27)19-23-13-7-10-18-28(23)37(35,36)21-22-11-3-1-4-12-22/h1-18,20H,19,21H2,(H,31,34). The molecule has 1 amide bonds. The molecule has 0 aliphatic rings. The summed E-state index contributed by atoms with van der Waals surface area (Å²) in [4.78, 5) is 26.1. The number of carbonyl (C=O) groups is 2. The van der Waals surface area contributed by atoms with Gasteiger partial charge in [-0.2, -0.15) is 0 Å². The molecule has 0 fully saturated rings. The Morgan fingerprint density at radius 3 is 2.11 bits per heavy atom. The van der Waals surface area contributed by atoms with E-state index < -0.39 is 21.5 Å². The van der Waals surface area contributed by atoms with Gasteiger partial charge in [0, 0.05) is 29.3 Å². The number of sulfone groups is 1. The number of hydrogen-bond acceptors (Lipinski definition) is 4. The molecular weight excluding hydrogens is 484 g/mol. The molecule has 5 rings (SSSR count). The van der Waals surface area contributed by atoms with Gasteiger partial charge < -0.3 is 9.88 Å². The first-order valence-corrected chi connectivity index (χ1v) is 13.4. The van der Waals surface area contributed by atoms with Gasteiger partial charge in [0.25, 0.3) is 11.7 Å². The van der Waals surface area contributed by atoms with E-state index >= 15 is 0 Å². The van der Waals surface area contributed by atoms with Gasteiger partial charge in [0.05, 0.1) is 16.2 Å². The van der Waals surface area contributed by atoms with E-state index in [-0.39, 0.29) is 22.8 Å². The minimum atomic E-state index is -3.62. The van der Waals surface area contributed by atoms with Crippen LogP contribution in [-0.4, -0.2) is 24.7 Å². The summed E-state index contributed by atoms with van der Waals surface area (Å²) in [6, 6.07) is 32.0. The highest BCUT2D eigenvalue weighted by atomic mass is 32.2. The average molecular weight is 509 g/mol. The lowest BCUT2D eigenvalue weighted by atomic mass is 10.1.